The Balaban J connectivity index is 2.51. The van der Waals surface area contributed by atoms with Crippen LogP contribution >= 0.6 is 11.6 Å². The third-order valence-electron chi connectivity index (χ3n) is 2.47. The Hall–Kier alpha value is -1.45. The molecule has 0 aliphatic carbocycles. The summed E-state index contributed by atoms with van der Waals surface area (Å²) in [7, 11) is 0. The highest BCUT2D eigenvalue weighted by Crippen LogP contribution is 2.30. The molecule has 0 aromatic heterocycles. The van der Waals surface area contributed by atoms with Gasteiger partial charge in [0.05, 0.1) is 10.6 Å². The second kappa shape index (κ2) is 4.82. The summed E-state index contributed by atoms with van der Waals surface area (Å²) in [5.41, 5.74) is -0.0173. The molecule has 0 radical (unpaired) electrons. The topological polar surface area (TPSA) is 20.2 Å². The smallest absolute Gasteiger partial charge is 0.150 e. The van der Waals surface area contributed by atoms with Crippen LogP contribution in [0.3, 0.4) is 0 Å². The van der Waals surface area contributed by atoms with E-state index in [0.29, 0.717) is 5.56 Å². The first-order valence-electron chi connectivity index (χ1n) is 4.97. The van der Waals surface area contributed by atoms with Gasteiger partial charge in [-0.2, -0.15) is 0 Å². The van der Waals surface area contributed by atoms with E-state index >= 15 is 0 Å². The van der Waals surface area contributed by atoms with E-state index in [0.717, 1.165) is 12.1 Å². The van der Waals surface area contributed by atoms with E-state index in [4.69, 9.17) is 11.6 Å². The van der Waals surface area contributed by atoms with Gasteiger partial charge in [0.1, 0.15) is 11.9 Å². The van der Waals surface area contributed by atoms with E-state index in [-0.39, 0.29) is 5.02 Å². The molecule has 1 nitrogen and oxygen atoms in total. The van der Waals surface area contributed by atoms with Gasteiger partial charge in [0.2, 0.25) is 0 Å². The van der Waals surface area contributed by atoms with Crippen molar-refractivity contribution in [2.45, 2.75) is 6.10 Å². The first-order valence-corrected chi connectivity index (χ1v) is 5.35. The van der Waals surface area contributed by atoms with Gasteiger partial charge < -0.3 is 5.11 Å². The van der Waals surface area contributed by atoms with E-state index in [1.54, 1.807) is 30.3 Å². The first kappa shape index (κ1) is 12.0. The molecule has 1 unspecified atom stereocenters. The average molecular weight is 255 g/mol. The molecule has 88 valence electrons. The summed E-state index contributed by atoms with van der Waals surface area (Å²) in [6, 6.07) is 10.4. The molecule has 0 aliphatic rings. The van der Waals surface area contributed by atoms with Gasteiger partial charge in [-0.1, -0.05) is 41.9 Å². The Kier molecular flexibility index (Phi) is 3.41. The fraction of sp³-hybridized carbons (Fsp3) is 0.0769. The predicted octanol–water partition coefficient (Wildman–Crippen LogP) is 3.70. The van der Waals surface area contributed by atoms with Crippen molar-refractivity contribution in [1.29, 1.82) is 0 Å². The van der Waals surface area contributed by atoms with Crippen LogP contribution in [0.4, 0.5) is 8.78 Å². The molecule has 1 N–H and O–H groups in total. The molecule has 0 saturated carbocycles. The zero-order valence-electron chi connectivity index (χ0n) is 8.70. The van der Waals surface area contributed by atoms with Crippen molar-refractivity contribution in [2.75, 3.05) is 0 Å². The Morgan fingerprint density at radius 3 is 2.29 bits per heavy atom. The highest BCUT2D eigenvalue weighted by molar-refractivity contribution is 6.30. The van der Waals surface area contributed by atoms with Crippen molar-refractivity contribution < 1.29 is 13.9 Å². The average Bonchev–Trinajstić information content (AvgIpc) is 2.35. The molecule has 2 aromatic rings. The highest BCUT2D eigenvalue weighted by atomic mass is 35.5. The van der Waals surface area contributed by atoms with Gasteiger partial charge in [0.25, 0.3) is 0 Å². The Morgan fingerprint density at radius 2 is 1.65 bits per heavy atom. The van der Waals surface area contributed by atoms with Crippen molar-refractivity contribution in [3.8, 4) is 0 Å². The third kappa shape index (κ3) is 2.30. The van der Waals surface area contributed by atoms with Crippen LogP contribution in [0.2, 0.25) is 5.02 Å². The van der Waals surface area contributed by atoms with Gasteiger partial charge in [-0.05, 0) is 17.7 Å². The van der Waals surface area contributed by atoms with Gasteiger partial charge in [0.15, 0.2) is 5.82 Å². The van der Waals surface area contributed by atoms with Crippen LogP contribution in [0.15, 0.2) is 42.5 Å². The maximum Gasteiger partial charge on any atom is 0.150 e. The summed E-state index contributed by atoms with van der Waals surface area (Å²) >= 11 is 5.56. The maximum absolute atomic E-state index is 13.7. The van der Waals surface area contributed by atoms with Crippen LogP contribution in [-0.4, -0.2) is 5.11 Å². The van der Waals surface area contributed by atoms with Crippen molar-refractivity contribution in [1.82, 2.24) is 0 Å². The SMILES string of the molecule is OC(c1ccccc1)c1c(F)ccc(Cl)c1F. The first-order chi connectivity index (χ1) is 8.11. The van der Waals surface area contributed by atoms with Gasteiger partial charge in [-0.3, -0.25) is 0 Å². The molecule has 17 heavy (non-hydrogen) atoms. The van der Waals surface area contributed by atoms with Crippen LogP contribution in [0.1, 0.15) is 17.2 Å². The normalized spacial score (nSPS) is 12.5. The predicted molar refractivity (Wildman–Crippen MR) is 61.9 cm³/mol. The number of benzene rings is 2. The number of halogens is 3. The van der Waals surface area contributed by atoms with Crippen LogP contribution in [0, 0.1) is 11.6 Å². The number of hydrogen-bond donors (Lipinski definition) is 1. The van der Waals surface area contributed by atoms with Crippen LogP contribution < -0.4 is 0 Å². The minimum atomic E-state index is -1.37. The van der Waals surface area contributed by atoms with Crippen LogP contribution in [-0.2, 0) is 0 Å². The number of aliphatic hydroxyl groups excluding tert-OH is 1. The summed E-state index contributed by atoms with van der Waals surface area (Å²) in [5, 5.41) is 9.73. The summed E-state index contributed by atoms with van der Waals surface area (Å²) in [6.07, 6.45) is -1.37. The van der Waals surface area contributed by atoms with Gasteiger partial charge in [0, 0.05) is 0 Å². The summed E-state index contributed by atoms with van der Waals surface area (Å²) in [6.45, 7) is 0. The molecular weight excluding hydrogens is 246 g/mol. The van der Waals surface area contributed by atoms with E-state index in [1.165, 1.54) is 0 Å². The zero-order valence-corrected chi connectivity index (χ0v) is 9.46. The van der Waals surface area contributed by atoms with Crippen molar-refractivity contribution in [3.05, 3.63) is 70.2 Å². The van der Waals surface area contributed by atoms with Gasteiger partial charge in [-0.15, -0.1) is 0 Å². The third-order valence-corrected chi connectivity index (χ3v) is 2.76. The summed E-state index contributed by atoms with van der Waals surface area (Å²) < 4.78 is 27.2. The molecule has 0 heterocycles. The van der Waals surface area contributed by atoms with Gasteiger partial charge >= 0.3 is 0 Å². The summed E-state index contributed by atoms with van der Waals surface area (Å²) in [5.74, 6) is -1.74. The minimum absolute atomic E-state index is 0.212. The fourth-order valence-corrected chi connectivity index (χ4v) is 1.76. The minimum Gasteiger partial charge on any atom is -0.383 e. The van der Waals surface area contributed by atoms with E-state index in [2.05, 4.69) is 0 Å². The standard InChI is InChI=1S/C13H9ClF2O/c14-9-6-7-10(15)11(12(9)16)13(17)8-4-2-1-3-5-8/h1-7,13,17H. The maximum atomic E-state index is 13.7. The number of aliphatic hydroxyl groups is 1. The second-order valence-corrected chi connectivity index (χ2v) is 3.98. The van der Waals surface area contributed by atoms with E-state index in [1.807, 2.05) is 0 Å². The fourth-order valence-electron chi connectivity index (χ4n) is 1.60. The molecular formula is C13H9ClF2O. The lowest BCUT2D eigenvalue weighted by Gasteiger charge is -2.13. The van der Waals surface area contributed by atoms with Crippen LogP contribution in [0.5, 0.6) is 0 Å². The lowest BCUT2D eigenvalue weighted by molar-refractivity contribution is 0.209. The molecule has 4 heteroatoms. The molecule has 2 aromatic carbocycles. The Bertz CT molecular complexity index is 528. The lowest BCUT2D eigenvalue weighted by atomic mass is 10.0. The monoisotopic (exact) mass is 254 g/mol. The quantitative estimate of drug-likeness (QED) is 0.810. The molecule has 0 spiro atoms. The second-order valence-electron chi connectivity index (χ2n) is 3.57. The number of hydrogen-bond acceptors (Lipinski definition) is 1. The Labute approximate surface area is 102 Å². The van der Waals surface area contributed by atoms with Crippen molar-refractivity contribution >= 4 is 11.6 Å². The molecule has 2 rings (SSSR count). The molecule has 0 fully saturated rings. The largest absolute Gasteiger partial charge is 0.383 e. The molecule has 0 amide bonds. The Morgan fingerprint density at radius 1 is 1.00 bits per heavy atom. The van der Waals surface area contributed by atoms with Crippen LogP contribution in [0.25, 0.3) is 0 Å². The van der Waals surface area contributed by atoms with Crippen molar-refractivity contribution in [3.63, 3.8) is 0 Å². The zero-order chi connectivity index (χ0) is 12.4. The van der Waals surface area contributed by atoms with E-state index in [9.17, 15) is 13.9 Å². The summed E-state index contributed by atoms with van der Waals surface area (Å²) in [4.78, 5) is 0. The van der Waals surface area contributed by atoms with Crippen molar-refractivity contribution in [2.24, 2.45) is 0 Å². The van der Waals surface area contributed by atoms with E-state index < -0.39 is 23.3 Å². The number of rotatable bonds is 2. The lowest BCUT2D eigenvalue weighted by Crippen LogP contribution is -2.06. The molecule has 0 bridgehead atoms. The molecule has 0 saturated heterocycles. The highest BCUT2D eigenvalue weighted by Gasteiger charge is 2.21. The molecule has 1 atom stereocenters. The van der Waals surface area contributed by atoms with Gasteiger partial charge in [-0.25, -0.2) is 8.78 Å². The molecule has 0 aliphatic heterocycles.